The van der Waals surface area contributed by atoms with Crippen LogP contribution in [-0.4, -0.2) is 23.0 Å². The number of amides is 1. The van der Waals surface area contributed by atoms with E-state index in [1.165, 1.54) is 28.4 Å². The number of nitrogens with one attached hydrogen (secondary N) is 1. The molecule has 2 aromatic rings. The molecule has 0 atom stereocenters. The molecular formula is C18H14ClN3OS2. The number of nitrogens with zero attached hydrogens (tertiary/aromatic N) is 2. The van der Waals surface area contributed by atoms with E-state index >= 15 is 0 Å². The average Bonchev–Trinajstić information content (AvgIpc) is 3.08. The Kier molecular flexibility index (Phi) is 4.27. The van der Waals surface area contributed by atoms with Crippen molar-refractivity contribution in [3.05, 3.63) is 69.1 Å². The summed E-state index contributed by atoms with van der Waals surface area (Å²) in [4.78, 5) is 18.0. The van der Waals surface area contributed by atoms with E-state index in [4.69, 9.17) is 17.0 Å². The van der Waals surface area contributed by atoms with Gasteiger partial charge in [-0.1, -0.05) is 59.8 Å². The Hall–Kier alpha value is -1.89. The summed E-state index contributed by atoms with van der Waals surface area (Å²) in [5, 5.41) is 9.98. The number of thioether (sulfide) groups is 2. The Morgan fingerprint density at radius 2 is 1.84 bits per heavy atom. The highest BCUT2D eigenvalue weighted by atomic mass is 35.5. The quantitative estimate of drug-likeness (QED) is 0.754. The average molecular weight is 388 g/mol. The van der Waals surface area contributed by atoms with Crippen molar-refractivity contribution < 1.29 is 4.79 Å². The van der Waals surface area contributed by atoms with Gasteiger partial charge in [-0.25, -0.2) is 0 Å². The van der Waals surface area contributed by atoms with Crippen molar-refractivity contribution in [2.24, 2.45) is 0 Å². The lowest BCUT2D eigenvalue weighted by atomic mass is 10.2. The van der Waals surface area contributed by atoms with Crippen molar-refractivity contribution in [3.63, 3.8) is 0 Å². The van der Waals surface area contributed by atoms with Crippen molar-refractivity contribution in [1.29, 1.82) is 5.41 Å². The number of benzene rings is 2. The lowest BCUT2D eigenvalue weighted by Crippen LogP contribution is -2.28. The molecule has 2 aliphatic heterocycles. The zero-order chi connectivity index (χ0) is 17.6. The summed E-state index contributed by atoms with van der Waals surface area (Å²) in [5.41, 5.74) is 1.92. The van der Waals surface area contributed by atoms with Gasteiger partial charge in [-0.05, 0) is 29.5 Å². The van der Waals surface area contributed by atoms with Crippen LogP contribution in [0.3, 0.4) is 0 Å². The van der Waals surface area contributed by atoms with Gasteiger partial charge in [-0.15, -0.1) is 0 Å². The molecule has 0 unspecified atom stereocenters. The fraction of sp³-hybridized carbons (Fsp3) is 0.111. The summed E-state index contributed by atoms with van der Waals surface area (Å²) in [7, 11) is 1.91. The standard InChI is InChI=1S/C18H14ClN3OS2/c1-21-14-12(19)8-5-9-13(14)24-17(21)15-16(23)22(18(20)25-15)10-11-6-3-2-4-7-11/h2-9,20H,10H2,1H3/b17-15-,20-18?. The molecule has 7 heteroatoms. The second-order valence-electron chi connectivity index (χ2n) is 5.67. The van der Waals surface area contributed by atoms with Crippen molar-refractivity contribution >= 4 is 51.9 Å². The number of anilines is 1. The van der Waals surface area contributed by atoms with Gasteiger partial charge in [-0.3, -0.25) is 15.1 Å². The topological polar surface area (TPSA) is 47.4 Å². The first kappa shape index (κ1) is 16.6. The van der Waals surface area contributed by atoms with E-state index in [1.807, 2.05) is 60.5 Å². The number of hydrogen-bond donors (Lipinski definition) is 1. The highest BCUT2D eigenvalue weighted by Crippen LogP contribution is 2.52. The van der Waals surface area contributed by atoms with Crippen LogP contribution in [0.25, 0.3) is 0 Å². The number of fused-ring (bicyclic) bond motifs is 1. The van der Waals surface area contributed by atoms with Gasteiger partial charge >= 0.3 is 0 Å². The summed E-state index contributed by atoms with van der Waals surface area (Å²) >= 11 is 9.05. The van der Waals surface area contributed by atoms with Crippen LogP contribution in [0.4, 0.5) is 5.69 Å². The van der Waals surface area contributed by atoms with Crippen molar-refractivity contribution in [2.45, 2.75) is 11.4 Å². The Bertz CT molecular complexity index is 914. The molecule has 0 aromatic heterocycles. The number of amidine groups is 1. The van der Waals surface area contributed by atoms with Crippen LogP contribution < -0.4 is 4.90 Å². The minimum atomic E-state index is -0.128. The minimum Gasteiger partial charge on any atom is -0.336 e. The summed E-state index contributed by atoms with van der Waals surface area (Å²) in [6, 6.07) is 15.5. The predicted octanol–water partition coefficient (Wildman–Crippen LogP) is 4.76. The molecule has 25 heavy (non-hydrogen) atoms. The maximum absolute atomic E-state index is 12.9. The molecule has 4 nitrogen and oxygen atoms in total. The van der Waals surface area contributed by atoms with Crippen LogP contribution in [0.15, 0.2) is 63.4 Å². The van der Waals surface area contributed by atoms with Gasteiger partial charge < -0.3 is 4.90 Å². The molecule has 4 rings (SSSR count). The molecule has 2 aromatic carbocycles. The fourth-order valence-electron chi connectivity index (χ4n) is 2.83. The first-order chi connectivity index (χ1) is 12.1. The normalized spacial score (nSPS) is 19.8. The van der Waals surface area contributed by atoms with Crippen molar-refractivity contribution in [3.8, 4) is 0 Å². The van der Waals surface area contributed by atoms with Gasteiger partial charge in [0.05, 0.1) is 22.3 Å². The van der Waals surface area contributed by atoms with E-state index in [1.54, 1.807) is 0 Å². The van der Waals surface area contributed by atoms with Crippen molar-refractivity contribution in [2.75, 3.05) is 11.9 Å². The first-order valence-electron chi connectivity index (χ1n) is 7.63. The number of carbonyl (C=O) groups excluding carboxylic acids is 1. The van der Waals surface area contributed by atoms with Crippen molar-refractivity contribution in [1.82, 2.24) is 4.90 Å². The summed E-state index contributed by atoms with van der Waals surface area (Å²) < 4.78 is 0. The Labute approximate surface area is 159 Å². The van der Waals surface area contributed by atoms with Crippen LogP contribution in [0.2, 0.25) is 5.02 Å². The van der Waals surface area contributed by atoms with E-state index in [2.05, 4.69) is 0 Å². The Balaban J connectivity index is 1.66. The zero-order valence-electron chi connectivity index (χ0n) is 13.3. The molecule has 0 spiro atoms. The lowest BCUT2D eigenvalue weighted by Gasteiger charge is -2.16. The second-order valence-corrected chi connectivity index (χ2v) is 8.10. The van der Waals surface area contributed by atoms with Crippen LogP contribution in [0.1, 0.15) is 5.56 Å². The molecule has 1 N–H and O–H groups in total. The number of para-hydroxylation sites is 1. The number of rotatable bonds is 2. The molecule has 1 amide bonds. The zero-order valence-corrected chi connectivity index (χ0v) is 15.7. The van der Waals surface area contributed by atoms with Gasteiger partial charge in [0.25, 0.3) is 5.91 Å². The van der Waals surface area contributed by atoms with E-state index in [9.17, 15) is 4.79 Å². The fourth-order valence-corrected chi connectivity index (χ4v) is 5.42. The lowest BCUT2D eigenvalue weighted by molar-refractivity contribution is -0.122. The van der Waals surface area contributed by atoms with Crippen LogP contribution >= 0.6 is 35.1 Å². The molecule has 1 saturated heterocycles. The Morgan fingerprint density at radius 1 is 1.08 bits per heavy atom. The monoisotopic (exact) mass is 387 g/mol. The highest BCUT2D eigenvalue weighted by Gasteiger charge is 2.38. The highest BCUT2D eigenvalue weighted by molar-refractivity contribution is 8.19. The van der Waals surface area contributed by atoms with E-state index < -0.39 is 0 Å². The third-order valence-electron chi connectivity index (χ3n) is 4.06. The van der Waals surface area contributed by atoms with Crippen LogP contribution in [0, 0.1) is 5.41 Å². The number of hydrogen-bond acceptors (Lipinski definition) is 5. The maximum atomic E-state index is 12.9. The van der Waals surface area contributed by atoms with E-state index in [0.717, 1.165) is 21.2 Å². The van der Waals surface area contributed by atoms with Gasteiger partial charge in [0.1, 0.15) is 4.91 Å². The first-order valence-corrected chi connectivity index (χ1v) is 9.64. The summed E-state index contributed by atoms with van der Waals surface area (Å²) in [6.45, 7) is 0.407. The third kappa shape index (κ3) is 2.84. The van der Waals surface area contributed by atoms with Gasteiger partial charge in [0.2, 0.25) is 0 Å². The molecule has 2 aliphatic rings. The number of halogens is 1. The van der Waals surface area contributed by atoms with Gasteiger partial charge in [0, 0.05) is 11.9 Å². The van der Waals surface area contributed by atoms with E-state index in [0.29, 0.717) is 16.5 Å². The van der Waals surface area contributed by atoms with Crippen LogP contribution in [-0.2, 0) is 11.3 Å². The smallest absolute Gasteiger partial charge is 0.269 e. The molecule has 0 bridgehead atoms. The molecule has 0 aliphatic carbocycles. The summed E-state index contributed by atoms with van der Waals surface area (Å²) in [5.74, 6) is -0.128. The molecule has 2 heterocycles. The largest absolute Gasteiger partial charge is 0.336 e. The van der Waals surface area contributed by atoms with Gasteiger partial charge in [0.15, 0.2) is 5.17 Å². The minimum absolute atomic E-state index is 0.128. The third-order valence-corrected chi connectivity index (χ3v) is 6.70. The number of carbonyl (C=O) groups is 1. The Morgan fingerprint density at radius 3 is 2.56 bits per heavy atom. The molecule has 1 fully saturated rings. The SMILES string of the molecule is CN1/C(=C2/SC(=N)N(Cc3ccccc3)C2=O)Sc2cccc(Cl)c21. The summed E-state index contributed by atoms with van der Waals surface area (Å²) in [6.07, 6.45) is 0. The van der Waals surface area contributed by atoms with Gasteiger partial charge in [-0.2, -0.15) is 0 Å². The molecule has 0 saturated carbocycles. The second kappa shape index (κ2) is 6.44. The van der Waals surface area contributed by atoms with Crippen LogP contribution in [0.5, 0.6) is 0 Å². The molecule has 126 valence electrons. The molecular weight excluding hydrogens is 374 g/mol. The molecule has 0 radical (unpaired) electrons. The maximum Gasteiger partial charge on any atom is 0.269 e. The predicted molar refractivity (Wildman–Crippen MR) is 105 cm³/mol. The van der Waals surface area contributed by atoms with E-state index in [-0.39, 0.29) is 11.1 Å².